The minimum Gasteiger partial charge on any atom is -0.357 e. The molecule has 0 aliphatic heterocycles. The molecule has 2 aromatic rings. The van der Waals surface area contributed by atoms with Gasteiger partial charge in [-0.15, -0.1) is 10.2 Å². The molecule has 0 radical (unpaired) electrons. The molecule has 1 heterocycles. The molecule has 0 bridgehead atoms. The van der Waals surface area contributed by atoms with Gasteiger partial charge in [0.2, 0.25) is 5.95 Å². The maximum Gasteiger partial charge on any atom is 0.224 e. The highest BCUT2D eigenvalue weighted by atomic mass is 35.5. The predicted octanol–water partition coefficient (Wildman–Crippen LogP) is 2.32. The largest absolute Gasteiger partial charge is 0.357 e. The van der Waals surface area contributed by atoms with E-state index in [4.69, 9.17) is 11.6 Å². The van der Waals surface area contributed by atoms with E-state index in [1.807, 2.05) is 7.05 Å². The molecule has 0 aliphatic carbocycles. The van der Waals surface area contributed by atoms with Gasteiger partial charge in [0.15, 0.2) is 5.82 Å². The summed E-state index contributed by atoms with van der Waals surface area (Å²) >= 11 is 5.71. The number of benzene rings is 1. The van der Waals surface area contributed by atoms with Gasteiger partial charge in [0.25, 0.3) is 0 Å². The lowest BCUT2D eigenvalue weighted by Gasteiger charge is -2.03. The third-order valence-corrected chi connectivity index (χ3v) is 2.57. The maximum atomic E-state index is 13.0. The molecule has 0 saturated heterocycles. The minimum atomic E-state index is -0.443. The van der Waals surface area contributed by atoms with Crippen LogP contribution in [-0.4, -0.2) is 21.8 Å². The van der Waals surface area contributed by atoms with Gasteiger partial charge in [-0.05, 0) is 18.2 Å². The van der Waals surface area contributed by atoms with Gasteiger partial charge in [-0.25, -0.2) is 4.39 Å². The van der Waals surface area contributed by atoms with Crippen molar-refractivity contribution in [3.63, 3.8) is 0 Å². The van der Waals surface area contributed by atoms with E-state index in [0.29, 0.717) is 11.8 Å². The Labute approximate surface area is 97.1 Å². The third kappa shape index (κ3) is 1.74. The molecule has 0 amide bonds. The van der Waals surface area contributed by atoms with Crippen molar-refractivity contribution in [2.45, 2.75) is 0 Å². The number of anilines is 1. The predicted molar refractivity (Wildman–Crippen MR) is 61.0 cm³/mol. The van der Waals surface area contributed by atoms with Crippen molar-refractivity contribution in [1.29, 1.82) is 0 Å². The first-order valence-corrected chi connectivity index (χ1v) is 5.04. The second-order valence-electron chi connectivity index (χ2n) is 3.29. The van der Waals surface area contributed by atoms with Gasteiger partial charge >= 0.3 is 0 Å². The highest BCUT2D eigenvalue weighted by molar-refractivity contribution is 6.31. The fourth-order valence-electron chi connectivity index (χ4n) is 1.43. The van der Waals surface area contributed by atoms with Crippen LogP contribution in [0.5, 0.6) is 0 Å². The lowest BCUT2D eigenvalue weighted by molar-refractivity contribution is 0.628. The second kappa shape index (κ2) is 4.09. The number of nitrogens with one attached hydrogen (secondary N) is 1. The first-order chi connectivity index (χ1) is 7.63. The van der Waals surface area contributed by atoms with E-state index in [9.17, 15) is 4.39 Å². The Bertz CT molecular complexity index is 524. The van der Waals surface area contributed by atoms with Gasteiger partial charge in [-0.2, -0.15) is 0 Å². The number of rotatable bonds is 2. The van der Waals surface area contributed by atoms with Crippen molar-refractivity contribution in [3.05, 3.63) is 29.0 Å². The molecule has 0 spiro atoms. The average molecular weight is 241 g/mol. The average Bonchev–Trinajstić information content (AvgIpc) is 2.64. The third-order valence-electron chi connectivity index (χ3n) is 2.28. The van der Waals surface area contributed by atoms with Crippen molar-refractivity contribution in [2.24, 2.45) is 7.05 Å². The molecular formula is C10H10ClFN4. The van der Waals surface area contributed by atoms with Gasteiger partial charge < -0.3 is 5.32 Å². The zero-order valence-electron chi connectivity index (χ0n) is 8.83. The van der Waals surface area contributed by atoms with Crippen LogP contribution in [0.2, 0.25) is 5.02 Å². The lowest BCUT2D eigenvalue weighted by Crippen LogP contribution is -1.99. The van der Waals surface area contributed by atoms with Crippen LogP contribution in [0.4, 0.5) is 10.3 Å². The van der Waals surface area contributed by atoms with Crippen LogP contribution in [-0.2, 0) is 7.05 Å². The fourth-order valence-corrected chi connectivity index (χ4v) is 1.61. The van der Waals surface area contributed by atoms with Crippen LogP contribution < -0.4 is 5.32 Å². The van der Waals surface area contributed by atoms with Gasteiger partial charge in [-0.3, -0.25) is 4.57 Å². The fraction of sp³-hybridized carbons (Fsp3) is 0.200. The SMILES string of the molecule is CNc1nnc(-c2ccc(F)c(Cl)c2)n1C. The Hall–Kier alpha value is -1.62. The summed E-state index contributed by atoms with van der Waals surface area (Å²) in [6, 6.07) is 4.45. The number of hydrogen-bond donors (Lipinski definition) is 1. The molecule has 0 atom stereocenters. The highest BCUT2D eigenvalue weighted by Gasteiger charge is 2.10. The Morgan fingerprint density at radius 3 is 2.69 bits per heavy atom. The van der Waals surface area contributed by atoms with E-state index >= 15 is 0 Å². The van der Waals surface area contributed by atoms with Crippen molar-refractivity contribution < 1.29 is 4.39 Å². The summed E-state index contributed by atoms with van der Waals surface area (Å²) in [6.07, 6.45) is 0. The number of hydrogen-bond acceptors (Lipinski definition) is 3. The number of nitrogens with zero attached hydrogens (tertiary/aromatic N) is 3. The van der Waals surface area contributed by atoms with Crippen molar-refractivity contribution >= 4 is 17.5 Å². The van der Waals surface area contributed by atoms with Gasteiger partial charge in [0.1, 0.15) is 5.82 Å². The van der Waals surface area contributed by atoms with Gasteiger partial charge in [0, 0.05) is 19.7 Å². The van der Waals surface area contributed by atoms with Crippen molar-refractivity contribution in [2.75, 3.05) is 12.4 Å². The number of halogens is 2. The molecule has 1 N–H and O–H groups in total. The summed E-state index contributed by atoms with van der Waals surface area (Å²) < 4.78 is 14.8. The molecule has 84 valence electrons. The van der Waals surface area contributed by atoms with Crippen molar-refractivity contribution in [3.8, 4) is 11.4 Å². The molecule has 2 rings (SSSR count). The van der Waals surface area contributed by atoms with E-state index < -0.39 is 5.82 Å². The first-order valence-electron chi connectivity index (χ1n) is 4.66. The molecule has 1 aromatic carbocycles. The van der Waals surface area contributed by atoms with Crippen LogP contribution in [0.15, 0.2) is 18.2 Å². The molecule has 1 aromatic heterocycles. The zero-order valence-corrected chi connectivity index (χ0v) is 9.59. The quantitative estimate of drug-likeness (QED) is 0.876. The van der Waals surface area contributed by atoms with Crippen LogP contribution >= 0.6 is 11.6 Å². The molecular weight excluding hydrogens is 231 g/mol. The van der Waals surface area contributed by atoms with E-state index in [-0.39, 0.29) is 5.02 Å². The van der Waals surface area contributed by atoms with Crippen LogP contribution in [0.25, 0.3) is 11.4 Å². The molecule has 0 unspecified atom stereocenters. The van der Waals surface area contributed by atoms with Gasteiger partial charge in [0.05, 0.1) is 5.02 Å². The Balaban J connectivity index is 2.50. The van der Waals surface area contributed by atoms with E-state index in [1.54, 1.807) is 17.7 Å². The maximum absolute atomic E-state index is 13.0. The molecule has 0 fully saturated rings. The summed E-state index contributed by atoms with van der Waals surface area (Å²) in [5, 5.41) is 10.9. The molecule has 0 saturated carbocycles. The molecule has 4 nitrogen and oxygen atoms in total. The second-order valence-corrected chi connectivity index (χ2v) is 3.69. The Morgan fingerprint density at radius 1 is 1.38 bits per heavy atom. The molecule has 6 heteroatoms. The van der Waals surface area contributed by atoms with E-state index in [1.165, 1.54) is 12.1 Å². The summed E-state index contributed by atoms with van der Waals surface area (Å²) in [4.78, 5) is 0. The van der Waals surface area contributed by atoms with Crippen LogP contribution in [0.3, 0.4) is 0 Å². The Kier molecular flexibility index (Phi) is 2.78. The summed E-state index contributed by atoms with van der Waals surface area (Å²) in [5.74, 6) is 0.822. The monoisotopic (exact) mass is 240 g/mol. The number of aromatic nitrogens is 3. The standard InChI is InChI=1S/C10H10ClFN4/c1-13-10-15-14-9(16(10)2)6-3-4-8(12)7(11)5-6/h3-5H,1-2H3,(H,13,15). The smallest absolute Gasteiger partial charge is 0.224 e. The molecule has 16 heavy (non-hydrogen) atoms. The van der Waals surface area contributed by atoms with E-state index in [0.717, 1.165) is 5.56 Å². The van der Waals surface area contributed by atoms with E-state index in [2.05, 4.69) is 15.5 Å². The highest BCUT2D eigenvalue weighted by Crippen LogP contribution is 2.24. The lowest BCUT2D eigenvalue weighted by atomic mass is 10.2. The summed E-state index contributed by atoms with van der Waals surface area (Å²) in [7, 11) is 3.57. The van der Waals surface area contributed by atoms with Gasteiger partial charge in [-0.1, -0.05) is 11.6 Å². The van der Waals surface area contributed by atoms with Crippen LogP contribution in [0.1, 0.15) is 0 Å². The molecule has 0 aliphatic rings. The summed E-state index contributed by atoms with van der Waals surface area (Å²) in [5.41, 5.74) is 0.725. The first kappa shape index (κ1) is 10.9. The summed E-state index contributed by atoms with van der Waals surface area (Å²) in [6.45, 7) is 0. The zero-order chi connectivity index (χ0) is 11.7. The normalized spacial score (nSPS) is 10.5. The van der Waals surface area contributed by atoms with Crippen molar-refractivity contribution in [1.82, 2.24) is 14.8 Å². The minimum absolute atomic E-state index is 0.0755. The van der Waals surface area contributed by atoms with Crippen LogP contribution in [0, 0.1) is 5.82 Å². The Morgan fingerprint density at radius 2 is 2.12 bits per heavy atom. The topological polar surface area (TPSA) is 42.7 Å².